The monoisotopic (exact) mass is 259 g/mol. The molecule has 0 aromatic heterocycles. The molecule has 0 aliphatic rings. The summed E-state index contributed by atoms with van der Waals surface area (Å²) in [4.78, 5) is 13.6. The van der Waals surface area contributed by atoms with E-state index in [1.54, 1.807) is 6.07 Å². The van der Waals surface area contributed by atoms with Crippen molar-refractivity contribution in [1.29, 1.82) is 5.26 Å². The van der Waals surface area contributed by atoms with Crippen LogP contribution >= 0.6 is 0 Å². The van der Waals surface area contributed by atoms with Crippen LogP contribution in [-0.4, -0.2) is 30.4 Å². The van der Waals surface area contributed by atoms with E-state index in [9.17, 15) is 4.79 Å². The number of benzene rings is 1. The molecular formula is C15H21N3O. The molecule has 0 unspecified atom stereocenters. The molecule has 4 heteroatoms. The molecule has 1 aromatic carbocycles. The molecule has 102 valence electrons. The Hall–Kier alpha value is -2.02. The molecule has 0 bridgehead atoms. The lowest BCUT2D eigenvalue weighted by Gasteiger charge is -2.18. The number of anilines is 1. The fourth-order valence-electron chi connectivity index (χ4n) is 1.95. The summed E-state index contributed by atoms with van der Waals surface area (Å²) in [6.07, 6.45) is 0.487. The number of carbonyl (C=O) groups excluding carboxylic acids is 1. The molecule has 1 rings (SSSR count). The molecule has 4 nitrogen and oxygen atoms in total. The summed E-state index contributed by atoms with van der Waals surface area (Å²) in [5.74, 6) is 0.169. The number of rotatable bonds is 6. The van der Waals surface area contributed by atoms with Crippen molar-refractivity contribution in [1.82, 2.24) is 4.90 Å². The quantitative estimate of drug-likeness (QED) is 0.854. The molecular weight excluding hydrogens is 238 g/mol. The normalized spacial score (nSPS) is 9.79. The van der Waals surface area contributed by atoms with Crippen LogP contribution in [0.2, 0.25) is 0 Å². The maximum Gasteiger partial charge on any atom is 0.224 e. The summed E-state index contributed by atoms with van der Waals surface area (Å²) in [5, 5.41) is 12.1. The highest BCUT2D eigenvalue weighted by Gasteiger charge is 2.08. The molecule has 0 saturated carbocycles. The Morgan fingerprint density at radius 2 is 2.05 bits per heavy atom. The summed E-state index contributed by atoms with van der Waals surface area (Å²) in [5.41, 5.74) is 2.58. The van der Waals surface area contributed by atoms with Crippen LogP contribution in [0.25, 0.3) is 0 Å². The van der Waals surface area contributed by atoms with Crippen LogP contribution < -0.4 is 5.32 Å². The van der Waals surface area contributed by atoms with E-state index >= 15 is 0 Å². The number of carbonyl (C=O) groups is 1. The van der Waals surface area contributed by atoms with Gasteiger partial charge in [0.25, 0.3) is 0 Å². The molecule has 0 heterocycles. The molecule has 1 amide bonds. The average Bonchev–Trinajstić information content (AvgIpc) is 2.40. The highest BCUT2D eigenvalue weighted by molar-refractivity contribution is 5.76. The molecule has 1 aromatic rings. The first-order valence-electron chi connectivity index (χ1n) is 6.64. The van der Waals surface area contributed by atoms with Gasteiger partial charge in [-0.2, -0.15) is 5.26 Å². The number of aryl methyl sites for hydroxylation is 1. The fraction of sp³-hybridized carbons (Fsp3) is 0.467. The Labute approximate surface area is 115 Å². The van der Waals surface area contributed by atoms with E-state index in [1.807, 2.05) is 37.8 Å². The Bertz CT molecular complexity index is 473. The predicted molar refractivity (Wildman–Crippen MR) is 76.9 cm³/mol. The van der Waals surface area contributed by atoms with E-state index in [-0.39, 0.29) is 5.91 Å². The van der Waals surface area contributed by atoms with Gasteiger partial charge >= 0.3 is 0 Å². The summed E-state index contributed by atoms with van der Waals surface area (Å²) >= 11 is 0. The number of nitriles is 1. The Morgan fingerprint density at radius 1 is 1.37 bits per heavy atom. The van der Waals surface area contributed by atoms with E-state index in [0.717, 1.165) is 24.3 Å². The number of nitrogens with one attached hydrogen (secondary N) is 1. The van der Waals surface area contributed by atoms with Crippen molar-refractivity contribution in [2.75, 3.05) is 25.0 Å². The van der Waals surface area contributed by atoms with Gasteiger partial charge in [0.15, 0.2) is 0 Å². The van der Waals surface area contributed by atoms with Crippen LogP contribution in [0.4, 0.5) is 5.69 Å². The Morgan fingerprint density at radius 3 is 2.58 bits per heavy atom. The highest BCUT2D eigenvalue weighted by Crippen LogP contribution is 2.14. The van der Waals surface area contributed by atoms with Crippen molar-refractivity contribution >= 4 is 11.6 Å². The van der Waals surface area contributed by atoms with E-state index in [1.165, 1.54) is 0 Å². The van der Waals surface area contributed by atoms with Gasteiger partial charge in [-0.1, -0.05) is 0 Å². The van der Waals surface area contributed by atoms with Crippen molar-refractivity contribution in [2.24, 2.45) is 0 Å². The largest absolute Gasteiger partial charge is 0.385 e. The second kappa shape index (κ2) is 7.42. The van der Waals surface area contributed by atoms with Crippen LogP contribution in [0.15, 0.2) is 18.2 Å². The zero-order valence-corrected chi connectivity index (χ0v) is 11.9. The van der Waals surface area contributed by atoms with Crippen molar-refractivity contribution in [3.8, 4) is 6.07 Å². The Balaban J connectivity index is 2.48. The summed E-state index contributed by atoms with van der Waals surface area (Å²) in [7, 11) is 0. The number of nitrogens with zero attached hydrogens (tertiary/aromatic N) is 2. The number of amides is 1. The van der Waals surface area contributed by atoms with Crippen LogP contribution in [-0.2, 0) is 4.79 Å². The van der Waals surface area contributed by atoms with Crippen molar-refractivity contribution in [2.45, 2.75) is 27.2 Å². The van der Waals surface area contributed by atoms with Crippen LogP contribution in [0.1, 0.15) is 31.4 Å². The molecule has 0 radical (unpaired) electrons. The van der Waals surface area contributed by atoms with Gasteiger partial charge in [-0.05, 0) is 44.5 Å². The standard InChI is InChI=1S/C15H21N3O/c1-4-18(5-2)15(19)8-9-17-14-7-6-13(11-16)12(3)10-14/h6-7,10,17H,4-5,8-9H2,1-3H3. The molecule has 0 fully saturated rings. The van der Waals surface area contributed by atoms with Gasteiger partial charge in [-0.25, -0.2) is 0 Å². The van der Waals surface area contributed by atoms with E-state index < -0.39 is 0 Å². The third-order valence-electron chi connectivity index (χ3n) is 3.13. The van der Waals surface area contributed by atoms with Crippen molar-refractivity contribution in [3.05, 3.63) is 29.3 Å². The van der Waals surface area contributed by atoms with E-state index in [4.69, 9.17) is 5.26 Å². The summed E-state index contributed by atoms with van der Waals surface area (Å²) < 4.78 is 0. The highest BCUT2D eigenvalue weighted by atomic mass is 16.2. The van der Waals surface area contributed by atoms with Crippen molar-refractivity contribution in [3.63, 3.8) is 0 Å². The molecule has 0 saturated heterocycles. The lowest BCUT2D eigenvalue weighted by molar-refractivity contribution is -0.130. The Kier molecular flexibility index (Phi) is 5.87. The lowest BCUT2D eigenvalue weighted by Crippen LogP contribution is -2.31. The second-order valence-electron chi connectivity index (χ2n) is 4.38. The van der Waals surface area contributed by atoms with E-state index in [2.05, 4.69) is 11.4 Å². The van der Waals surface area contributed by atoms with Crippen LogP contribution in [0.3, 0.4) is 0 Å². The third kappa shape index (κ3) is 4.29. The minimum atomic E-state index is 0.169. The molecule has 0 aliphatic carbocycles. The molecule has 19 heavy (non-hydrogen) atoms. The number of hydrogen-bond acceptors (Lipinski definition) is 3. The van der Waals surface area contributed by atoms with E-state index in [0.29, 0.717) is 18.5 Å². The lowest BCUT2D eigenvalue weighted by atomic mass is 10.1. The maximum atomic E-state index is 11.8. The average molecular weight is 259 g/mol. The summed E-state index contributed by atoms with van der Waals surface area (Å²) in [6.45, 7) is 8.00. The van der Waals surface area contributed by atoms with Gasteiger partial charge in [0.1, 0.15) is 0 Å². The minimum absolute atomic E-state index is 0.169. The summed E-state index contributed by atoms with van der Waals surface area (Å²) in [6, 6.07) is 7.73. The van der Waals surface area contributed by atoms with Gasteiger partial charge < -0.3 is 10.2 Å². The minimum Gasteiger partial charge on any atom is -0.385 e. The predicted octanol–water partition coefficient (Wildman–Crippen LogP) is 2.54. The van der Waals surface area contributed by atoms with Gasteiger partial charge in [-0.15, -0.1) is 0 Å². The van der Waals surface area contributed by atoms with Gasteiger partial charge in [0.2, 0.25) is 5.91 Å². The zero-order chi connectivity index (χ0) is 14.3. The van der Waals surface area contributed by atoms with Gasteiger partial charge in [0.05, 0.1) is 11.6 Å². The zero-order valence-electron chi connectivity index (χ0n) is 11.9. The van der Waals surface area contributed by atoms with Crippen molar-refractivity contribution < 1.29 is 4.79 Å². The smallest absolute Gasteiger partial charge is 0.224 e. The van der Waals surface area contributed by atoms with Gasteiger partial charge in [-0.3, -0.25) is 4.79 Å². The third-order valence-corrected chi connectivity index (χ3v) is 3.13. The maximum absolute atomic E-state index is 11.8. The SMILES string of the molecule is CCN(CC)C(=O)CCNc1ccc(C#N)c(C)c1. The van der Waals surface area contributed by atoms with Crippen LogP contribution in [0, 0.1) is 18.3 Å². The fourth-order valence-corrected chi connectivity index (χ4v) is 1.95. The number of hydrogen-bond donors (Lipinski definition) is 1. The molecule has 0 aliphatic heterocycles. The molecule has 1 N–H and O–H groups in total. The van der Waals surface area contributed by atoms with Crippen LogP contribution in [0.5, 0.6) is 0 Å². The topological polar surface area (TPSA) is 56.1 Å². The second-order valence-corrected chi connectivity index (χ2v) is 4.38. The first kappa shape index (κ1) is 15.0. The molecule has 0 spiro atoms. The first-order chi connectivity index (χ1) is 9.12. The first-order valence-corrected chi connectivity index (χ1v) is 6.64. The van der Waals surface area contributed by atoms with Gasteiger partial charge in [0, 0.05) is 31.7 Å². The molecule has 0 atom stereocenters.